The second-order valence-corrected chi connectivity index (χ2v) is 11.0. The summed E-state index contributed by atoms with van der Waals surface area (Å²) in [6, 6.07) is 11.3. The van der Waals surface area contributed by atoms with Gasteiger partial charge in [0.2, 0.25) is 0 Å². The van der Waals surface area contributed by atoms with E-state index in [1.165, 1.54) is 13.2 Å². The molecule has 0 N–H and O–H groups in total. The van der Waals surface area contributed by atoms with Crippen molar-refractivity contribution in [1.82, 2.24) is 0 Å². The van der Waals surface area contributed by atoms with Crippen molar-refractivity contribution in [2.45, 2.75) is 65.7 Å². The van der Waals surface area contributed by atoms with Crippen LogP contribution in [0.2, 0.25) is 0 Å². The fraction of sp³-hybridized carbons (Fsp3) is 0.516. The van der Waals surface area contributed by atoms with Gasteiger partial charge in [0.25, 0.3) is 0 Å². The van der Waals surface area contributed by atoms with Crippen molar-refractivity contribution in [3.05, 3.63) is 59.2 Å². The highest BCUT2D eigenvalue weighted by Gasteiger charge is 2.16. The van der Waals surface area contributed by atoms with E-state index in [0.29, 0.717) is 32.0 Å². The molecular weight excluding hydrogens is 532 g/mol. The molecule has 40 heavy (non-hydrogen) atoms. The van der Waals surface area contributed by atoms with Crippen LogP contribution in [-0.4, -0.2) is 53.7 Å². The van der Waals surface area contributed by atoms with Gasteiger partial charge in [0, 0.05) is 12.7 Å². The third kappa shape index (κ3) is 12.4. The number of aryl methyl sites for hydroxylation is 2. The topological polar surface area (TPSA) is 97.4 Å². The Morgan fingerprint density at radius 3 is 2.38 bits per heavy atom. The Balaban J connectivity index is 2.03. The lowest BCUT2D eigenvalue weighted by molar-refractivity contribution is -0.139. The Bertz CT molecular complexity index is 1170. The van der Waals surface area contributed by atoms with Crippen molar-refractivity contribution in [3.63, 3.8) is 0 Å². The van der Waals surface area contributed by atoms with Gasteiger partial charge in [0.05, 0.1) is 26.1 Å². The summed E-state index contributed by atoms with van der Waals surface area (Å²) < 4.78 is 51.5. The standard InChI is InChI=1S/C31H44O8S/c1-5-8-19-37-29-23-26(15-18-31(32)38-21-20-36-7-3)13-16-27(29)12-10-11-25-14-17-28(30(24-25)35-4)39-40(33,34)22-9-6-2/h13-18,23-24H,5-12,19-22H2,1-4H3/b18-15-. The van der Waals surface area contributed by atoms with Crippen LogP contribution in [0, 0.1) is 0 Å². The predicted octanol–water partition coefficient (Wildman–Crippen LogP) is 6.15. The highest BCUT2D eigenvalue weighted by molar-refractivity contribution is 7.87. The molecule has 0 heterocycles. The van der Waals surface area contributed by atoms with E-state index in [9.17, 15) is 13.2 Å². The minimum Gasteiger partial charge on any atom is -0.493 e. The molecule has 2 aromatic rings. The third-order valence-corrected chi connectivity index (χ3v) is 7.26. The molecule has 0 atom stereocenters. The second-order valence-electron chi connectivity index (χ2n) is 9.30. The van der Waals surface area contributed by atoms with Gasteiger partial charge >= 0.3 is 16.1 Å². The zero-order valence-corrected chi connectivity index (χ0v) is 25.1. The van der Waals surface area contributed by atoms with Crippen LogP contribution in [0.5, 0.6) is 17.2 Å². The molecular formula is C31H44O8S. The number of carbonyl (C=O) groups is 1. The third-order valence-electron chi connectivity index (χ3n) is 6.04. The van der Waals surface area contributed by atoms with Crippen LogP contribution in [0.15, 0.2) is 42.5 Å². The van der Waals surface area contributed by atoms with Crippen molar-refractivity contribution < 1.29 is 36.3 Å². The van der Waals surface area contributed by atoms with Crippen molar-refractivity contribution in [2.24, 2.45) is 0 Å². The quantitative estimate of drug-likeness (QED) is 0.0801. The highest BCUT2D eigenvalue weighted by Crippen LogP contribution is 2.31. The number of esters is 1. The van der Waals surface area contributed by atoms with Crippen LogP contribution >= 0.6 is 0 Å². The van der Waals surface area contributed by atoms with Crippen LogP contribution in [0.1, 0.15) is 69.6 Å². The molecule has 0 aliphatic carbocycles. The molecule has 2 aromatic carbocycles. The number of ether oxygens (including phenoxy) is 4. The van der Waals surface area contributed by atoms with E-state index in [1.807, 2.05) is 44.2 Å². The lowest BCUT2D eigenvalue weighted by Gasteiger charge is -2.14. The molecule has 0 saturated heterocycles. The first kappa shape index (κ1) is 33.2. The number of carbonyl (C=O) groups excluding carboxylic acids is 1. The summed E-state index contributed by atoms with van der Waals surface area (Å²) in [5.74, 6) is 0.968. The van der Waals surface area contributed by atoms with E-state index in [1.54, 1.807) is 12.1 Å². The minimum atomic E-state index is -3.66. The maximum absolute atomic E-state index is 12.2. The van der Waals surface area contributed by atoms with Gasteiger partial charge < -0.3 is 23.1 Å². The first-order valence-electron chi connectivity index (χ1n) is 14.1. The molecule has 0 amide bonds. The first-order chi connectivity index (χ1) is 19.3. The maximum Gasteiger partial charge on any atom is 0.330 e. The van der Waals surface area contributed by atoms with E-state index in [-0.39, 0.29) is 18.1 Å². The van der Waals surface area contributed by atoms with Crippen LogP contribution in [0.25, 0.3) is 6.08 Å². The molecule has 0 radical (unpaired) electrons. The van der Waals surface area contributed by atoms with E-state index < -0.39 is 16.1 Å². The smallest absolute Gasteiger partial charge is 0.330 e. The summed E-state index contributed by atoms with van der Waals surface area (Å²) in [4.78, 5) is 12.0. The van der Waals surface area contributed by atoms with Crippen molar-refractivity contribution in [1.29, 1.82) is 0 Å². The second kappa shape index (κ2) is 18.3. The summed E-state index contributed by atoms with van der Waals surface area (Å²) in [6.45, 7) is 7.75. The summed E-state index contributed by atoms with van der Waals surface area (Å²) in [6.07, 6.45) is 8.84. The van der Waals surface area contributed by atoms with Gasteiger partial charge in [-0.1, -0.05) is 44.9 Å². The molecule has 0 unspecified atom stereocenters. The molecule has 0 fully saturated rings. The summed E-state index contributed by atoms with van der Waals surface area (Å²) in [7, 11) is -2.16. The number of unbranched alkanes of at least 4 members (excludes halogenated alkanes) is 2. The number of hydrogen-bond acceptors (Lipinski definition) is 8. The molecule has 222 valence electrons. The lowest BCUT2D eigenvalue weighted by atomic mass is 10.0. The van der Waals surface area contributed by atoms with Gasteiger partial charge in [0.1, 0.15) is 12.4 Å². The normalized spacial score (nSPS) is 11.5. The molecule has 0 spiro atoms. The lowest BCUT2D eigenvalue weighted by Crippen LogP contribution is -2.14. The fourth-order valence-corrected chi connectivity index (χ4v) is 4.96. The van der Waals surface area contributed by atoms with Crippen LogP contribution in [0.4, 0.5) is 0 Å². The van der Waals surface area contributed by atoms with Gasteiger partial charge in [-0.15, -0.1) is 0 Å². The van der Waals surface area contributed by atoms with Crippen molar-refractivity contribution >= 4 is 22.2 Å². The minimum absolute atomic E-state index is 0.0236. The monoisotopic (exact) mass is 576 g/mol. The predicted molar refractivity (Wildman–Crippen MR) is 158 cm³/mol. The zero-order valence-electron chi connectivity index (χ0n) is 24.3. The first-order valence-corrected chi connectivity index (χ1v) is 15.7. The number of benzene rings is 2. The maximum atomic E-state index is 12.2. The summed E-state index contributed by atoms with van der Waals surface area (Å²) >= 11 is 0. The Kier molecular flexibility index (Phi) is 15.2. The Labute approximate surface area is 239 Å². The largest absolute Gasteiger partial charge is 0.493 e. The summed E-state index contributed by atoms with van der Waals surface area (Å²) in [5.41, 5.74) is 2.96. The molecule has 0 bridgehead atoms. The number of methoxy groups -OCH3 is 1. The van der Waals surface area contributed by atoms with E-state index in [2.05, 4.69) is 6.92 Å². The molecule has 0 aliphatic heterocycles. The van der Waals surface area contributed by atoms with E-state index in [4.69, 9.17) is 23.1 Å². The molecule has 0 aliphatic rings. The van der Waals surface area contributed by atoms with Gasteiger partial charge in [0.15, 0.2) is 11.5 Å². The molecule has 2 rings (SSSR count). The van der Waals surface area contributed by atoms with Gasteiger partial charge in [-0.2, -0.15) is 8.42 Å². The number of rotatable bonds is 20. The molecule has 9 heteroatoms. The van der Waals surface area contributed by atoms with Crippen LogP contribution in [-0.2, 0) is 37.2 Å². The van der Waals surface area contributed by atoms with Crippen LogP contribution in [0.3, 0.4) is 0 Å². The highest BCUT2D eigenvalue weighted by atomic mass is 32.2. The van der Waals surface area contributed by atoms with E-state index >= 15 is 0 Å². The number of hydrogen-bond donors (Lipinski definition) is 0. The van der Waals surface area contributed by atoms with E-state index in [0.717, 1.165) is 61.0 Å². The SMILES string of the molecule is CCCCOc1cc(/C=C\C(=O)OCCOCC)ccc1CCCc1ccc(OS(=O)(=O)CCCC)c(OC)c1. The van der Waals surface area contributed by atoms with Crippen molar-refractivity contribution in [2.75, 3.05) is 39.3 Å². The molecule has 8 nitrogen and oxygen atoms in total. The van der Waals surface area contributed by atoms with Gasteiger partial charge in [-0.25, -0.2) is 4.79 Å². The van der Waals surface area contributed by atoms with Crippen LogP contribution < -0.4 is 13.7 Å². The Morgan fingerprint density at radius 2 is 1.65 bits per heavy atom. The Morgan fingerprint density at radius 1 is 0.850 bits per heavy atom. The molecule has 0 saturated carbocycles. The molecule has 0 aromatic heterocycles. The zero-order chi connectivity index (χ0) is 29.2. The van der Waals surface area contributed by atoms with Gasteiger partial charge in [-0.3, -0.25) is 0 Å². The van der Waals surface area contributed by atoms with Gasteiger partial charge in [-0.05, 0) is 80.0 Å². The van der Waals surface area contributed by atoms with Crippen molar-refractivity contribution in [3.8, 4) is 17.2 Å². The fourth-order valence-electron chi connectivity index (χ4n) is 3.82. The average Bonchev–Trinajstić information content (AvgIpc) is 2.94. The Hall–Kier alpha value is -3.04. The average molecular weight is 577 g/mol. The summed E-state index contributed by atoms with van der Waals surface area (Å²) in [5, 5.41) is 0.